The quantitative estimate of drug-likeness (QED) is 0.0269. The number of aromatic amines is 2. The predicted octanol–water partition coefficient (Wildman–Crippen LogP) is -0.180. The van der Waals surface area contributed by atoms with Gasteiger partial charge in [0.05, 0.1) is 36.9 Å². The lowest BCUT2D eigenvalue weighted by Crippen LogP contribution is -2.58. The molecule has 330 valence electrons. The Kier molecular flexibility index (Phi) is 13.4. The van der Waals surface area contributed by atoms with E-state index in [1.54, 1.807) is 0 Å². The first-order valence-corrected chi connectivity index (χ1v) is 18.7. The molecule has 4 heterocycles. The van der Waals surface area contributed by atoms with E-state index < -0.39 is 84.0 Å². The number of nitrogens with two attached hydrogens (primary N) is 2. The SMILES string of the molecule is Nc1nc2ncc(CNc3ccc(C(=O)N(N[C@@H](CC(C(=O)O)C(=O)c4ccccc4NCc4cnc5nc(N)[nH]c(=O)c5n4)C(=O)O)C(CCC(=O)O)C(=O)O)cc3)nc2c(=O)[nH]1. The summed E-state index contributed by atoms with van der Waals surface area (Å²) < 4.78 is 0. The molecule has 0 spiro atoms. The van der Waals surface area contributed by atoms with E-state index >= 15 is 0 Å². The third-order valence-corrected chi connectivity index (χ3v) is 9.36. The molecule has 2 unspecified atom stereocenters. The monoisotopic (exact) mass is 880 g/mol. The number of aromatic nitrogens is 8. The summed E-state index contributed by atoms with van der Waals surface area (Å²) in [7, 11) is 0. The van der Waals surface area contributed by atoms with Crippen LogP contribution >= 0.6 is 0 Å². The van der Waals surface area contributed by atoms with Crippen molar-refractivity contribution in [1.82, 2.24) is 50.3 Å². The van der Waals surface area contributed by atoms with Gasteiger partial charge in [-0.3, -0.25) is 48.5 Å². The van der Waals surface area contributed by atoms with Crippen molar-refractivity contribution in [3.8, 4) is 0 Å². The number of amides is 1. The number of carbonyl (C=O) groups is 6. The summed E-state index contributed by atoms with van der Waals surface area (Å²) in [5.41, 5.74) is 12.5. The second kappa shape index (κ2) is 19.2. The molecule has 13 N–H and O–H groups in total. The van der Waals surface area contributed by atoms with E-state index in [-0.39, 0.29) is 69.8 Å². The molecule has 0 saturated carbocycles. The van der Waals surface area contributed by atoms with Gasteiger partial charge < -0.3 is 42.5 Å². The normalized spacial score (nSPS) is 12.5. The molecule has 2 aromatic carbocycles. The highest BCUT2D eigenvalue weighted by atomic mass is 16.4. The van der Waals surface area contributed by atoms with Crippen LogP contribution in [-0.4, -0.2) is 113 Å². The summed E-state index contributed by atoms with van der Waals surface area (Å²) in [6.07, 6.45) is 0.124. The van der Waals surface area contributed by atoms with Gasteiger partial charge in [-0.1, -0.05) is 12.1 Å². The molecule has 0 aliphatic heterocycles. The van der Waals surface area contributed by atoms with Crippen molar-refractivity contribution >= 4 is 81.2 Å². The highest BCUT2D eigenvalue weighted by Crippen LogP contribution is 2.24. The summed E-state index contributed by atoms with van der Waals surface area (Å²) in [6, 6.07) is 6.83. The van der Waals surface area contributed by atoms with E-state index in [0.29, 0.717) is 16.4 Å². The third-order valence-electron chi connectivity index (χ3n) is 9.36. The minimum atomic E-state index is -2.11. The van der Waals surface area contributed by atoms with Crippen LogP contribution < -0.4 is 38.6 Å². The molecule has 26 heteroatoms. The van der Waals surface area contributed by atoms with Gasteiger partial charge in [0.15, 0.2) is 28.1 Å². The molecular formula is C38H36N14O12. The zero-order valence-corrected chi connectivity index (χ0v) is 32.9. The number of para-hydroxylation sites is 1. The van der Waals surface area contributed by atoms with Crippen LogP contribution in [0.15, 0.2) is 70.5 Å². The fourth-order valence-electron chi connectivity index (χ4n) is 6.25. The highest BCUT2D eigenvalue weighted by Gasteiger charge is 2.39. The maximum Gasteiger partial charge on any atom is 0.328 e. The number of rotatable bonds is 20. The van der Waals surface area contributed by atoms with E-state index in [4.69, 9.17) is 11.5 Å². The number of carboxylic acid groups (broad SMARTS) is 4. The molecule has 0 saturated heterocycles. The Morgan fingerprint density at radius 3 is 1.80 bits per heavy atom. The Labute approximate surface area is 356 Å². The molecule has 1 amide bonds. The molecule has 0 fully saturated rings. The molecule has 6 rings (SSSR count). The Morgan fingerprint density at radius 1 is 0.703 bits per heavy atom. The largest absolute Gasteiger partial charge is 0.481 e. The standard InChI is InChI=1S/C38H36N14O12/c39-37-47-29-26(31(56)49-37)45-18(14-43-29)12-41-17-7-5-16(6-8-17)33(58)52(24(36(63)64)9-10-25(53)54)51-23(35(61)62)11-21(34(59)60)28(55)20-3-1-2-4-22(20)42-13-19-15-44-30-27(46-19)32(57)50-38(40)48-30/h1-8,14-15,21,23-24,41-42,51H,9-13H2,(H,53,54)(H,59,60)(H,61,62)(H,63,64)(H3,39,43,47,49,56)(H3,40,44,48,50,57)/t21?,23-,24?/m0/s1. The number of carbonyl (C=O) groups excluding carboxylic acids is 2. The molecule has 0 radical (unpaired) electrons. The number of carboxylic acids is 4. The van der Waals surface area contributed by atoms with Gasteiger partial charge in [0.25, 0.3) is 17.0 Å². The molecule has 3 atom stereocenters. The number of fused-ring (bicyclic) bond motifs is 2. The number of hydrazine groups is 1. The number of nitrogen functional groups attached to an aromatic ring is 2. The maximum atomic E-state index is 14.0. The molecule has 64 heavy (non-hydrogen) atoms. The second-order valence-electron chi connectivity index (χ2n) is 13.8. The first-order valence-electron chi connectivity index (χ1n) is 18.7. The summed E-state index contributed by atoms with van der Waals surface area (Å²) in [5, 5.41) is 46.4. The molecule has 0 aliphatic rings. The van der Waals surface area contributed by atoms with Gasteiger partial charge >= 0.3 is 23.9 Å². The van der Waals surface area contributed by atoms with Crippen LogP contribution in [0.3, 0.4) is 0 Å². The van der Waals surface area contributed by atoms with Gasteiger partial charge in [-0.05, 0) is 49.2 Å². The molecule has 0 bridgehead atoms. The topological polar surface area (TPSA) is 418 Å². The predicted molar refractivity (Wildman–Crippen MR) is 221 cm³/mol. The number of hydrogen-bond donors (Lipinski definition) is 11. The molecule has 6 aromatic rings. The van der Waals surface area contributed by atoms with Crippen molar-refractivity contribution in [3.05, 3.63) is 104 Å². The van der Waals surface area contributed by atoms with Crippen LogP contribution in [0.1, 0.15) is 51.4 Å². The number of H-pyrrole nitrogens is 2. The molecule has 0 aliphatic carbocycles. The zero-order chi connectivity index (χ0) is 46.2. The van der Waals surface area contributed by atoms with Crippen LogP contribution in [0.25, 0.3) is 22.3 Å². The maximum absolute atomic E-state index is 14.0. The highest BCUT2D eigenvalue weighted by molar-refractivity contribution is 6.11. The van der Waals surface area contributed by atoms with Gasteiger partial charge in [0, 0.05) is 28.9 Å². The summed E-state index contributed by atoms with van der Waals surface area (Å²) in [5.74, 6) is -11.3. The summed E-state index contributed by atoms with van der Waals surface area (Å²) in [6.45, 7) is -0.103. The smallest absolute Gasteiger partial charge is 0.328 e. The number of nitrogens with zero attached hydrogens (tertiary/aromatic N) is 7. The Bertz CT molecular complexity index is 2930. The lowest BCUT2D eigenvalue weighted by Gasteiger charge is -2.32. The van der Waals surface area contributed by atoms with Crippen LogP contribution in [0.2, 0.25) is 0 Å². The van der Waals surface area contributed by atoms with Crippen molar-refractivity contribution in [2.24, 2.45) is 5.92 Å². The van der Waals surface area contributed by atoms with Crippen molar-refractivity contribution in [3.63, 3.8) is 0 Å². The Hall–Kier alpha value is -8.94. The van der Waals surface area contributed by atoms with Crippen LogP contribution in [0, 0.1) is 5.92 Å². The average molecular weight is 881 g/mol. The molecular weight excluding hydrogens is 845 g/mol. The number of aliphatic carboxylic acids is 4. The van der Waals surface area contributed by atoms with E-state index in [1.165, 1.54) is 60.9 Å². The summed E-state index contributed by atoms with van der Waals surface area (Å²) in [4.78, 5) is 131. The average Bonchev–Trinajstić information content (AvgIpc) is 3.25. The van der Waals surface area contributed by atoms with Gasteiger partial charge in [-0.15, -0.1) is 0 Å². The minimum absolute atomic E-state index is 0.0230. The number of anilines is 4. The number of hydrogen-bond acceptors (Lipinski definition) is 19. The Morgan fingerprint density at radius 2 is 1.27 bits per heavy atom. The first-order chi connectivity index (χ1) is 30.5. The van der Waals surface area contributed by atoms with Crippen molar-refractivity contribution in [1.29, 1.82) is 0 Å². The third kappa shape index (κ3) is 10.5. The van der Waals surface area contributed by atoms with E-state index in [1.807, 2.05) is 0 Å². The number of nitrogens with one attached hydrogen (secondary N) is 5. The van der Waals surface area contributed by atoms with E-state index in [9.17, 15) is 58.8 Å². The molecule has 4 aromatic heterocycles. The molecule has 26 nitrogen and oxygen atoms in total. The van der Waals surface area contributed by atoms with Crippen LogP contribution in [-0.2, 0) is 32.3 Å². The minimum Gasteiger partial charge on any atom is -0.481 e. The first kappa shape index (κ1) is 44.6. The zero-order valence-electron chi connectivity index (χ0n) is 32.9. The lowest BCUT2D eigenvalue weighted by molar-refractivity contribution is -0.149. The van der Waals surface area contributed by atoms with Gasteiger partial charge in [0.1, 0.15) is 18.0 Å². The fraction of sp³-hybridized carbons (Fsp3) is 0.211. The number of ketones is 1. The van der Waals surface area contributed by atoms with Crippen LogP contribution in [0.5, 0.6) is 0 Å². The van der Waals surface area contributed by atoms with Crippen molar-refractivity contribution in [2.75, 3.05) is 22.1 Å². The Balaban J connectivity index is 1.21. The van der Waals surface area contributed by atoms with Crippen molar-refractivity contribution < 1.29 is 49.2 Å². The number of benzene rings is 2. The van der Waals surface area contributed by atoms with Gasteiger partial charge in [-0.2, -0.15) is 9.97 Å². The lowest BCUT2D eigenvalue weighted by atomic mass is 9.90. The van der Waals surface area contributed by atoms with E-state index in [2.05, 4.69) is 55.9 Å². The van der Waals surface area contributed by atoms with E-state index in [0.717, 1.165) is 0 Å². The number of Topliss-reactive ketones (excluding diaryl/α,β-unsaturated/α-hetero) is 1. The summed E-state index contributed by atoms with van der Waals surface area (Å²) >= 11 is 0. The fourth-order valence-corrected chi connectivity index (χ4v) is 6.25. The second-order valence-corrected chi connectivity index (χ2v) is 13.8. The van der Waals surface area contributed by atoms with Crippen molar-refractivity contribution in [2.45, 2.75) is 44.4 Å². The van der Waals surface area contributed by atoms with Crippen LogP contribution in [0.4, 0.5) is 23.3 Å². The van der Waals surface area contributed by atoms with Gasteiger partial charge in [-0.25, -0.2) is 30.2 Å². The van der Waals surface area contributed by atoms with Gasteiger partial charge in [0.2, 0.25) is 11.9 Å².